The van der Waals surface area contributed by atoms with E-state index in [1.54, 1.807) is 28.5 Å². The van der Waals surface area contributed by atoms with Gasteiger partial charge in [0.25, 0.3) is 5.56 Å². The quantitative estimate of drug-likeness (QED) is 0.382. The lowest BCUT2D eigenvalue weighted by Gasteiger charge is -2.20. The summed E-state index contributed by atoms with van der Waals surface area (Å²) in [5.74, 6) is 1.64. The number of fused-ring (bicyclic) bond motifs is 2. The lowest BCUT2D eigenvalue weighted by atomic mass is 9.99. The number of anilines is 1. The molecule has 1 N–H and O–H groups in total. The normalized spacial score (nSPS) is 12.3. The molecular weight excluding hydrogens is 464 g/mol. The average Bonchev–Trinajstić information content (AvgIpc) is 3.57. The fourth-order valence-corrected chi connectivity index (χ4v) is 4.74. The smallest absolute Gasteiger partial charge is 0.265 e. The summed E-state index contributed by atoms with van der Waals surface area (Å²) < 4.78 is 6.64. The molecule has 0 bridgehead atoms. The third-order valence-corrected chi connectivity index (χ3v) is 6.49. The summed E-state index contributed by atoms with van der Waals surface area (Å²) in [5.41, 5.74) is 4.38. The highest BCUT2D eigenvalue weighted by Crippen LogP contribution is 2.30. The highest BCUT2D eigenvalue weighted by Gasteiger charge is 2.21. The van der Waals surface area contributed by atoms with Crippen LogP contribution in [0.2, 0.25) is 0 Å². The van der Waals surface area contributed by atoms with Crippen LogP contribution in [0.25, 0.3) is 38.1 Å². The Morgan fingerprint density at radius 1 is 1.09 bits per heavy atom. The SMILES string of the molecule is Cc1ncc(-c2cccc3cc([C@H](C)Nc4ncnc5scnc45)n(-c4ccon4)c(=O)c23)cn1. The van der Waals surface area contributed by atoms with E-state index in [0.717, 1.165) is 21.3 Å². The van der Waals surface area contributed by atoms with Gasteiger partial charge in [-0.2, -0.15) is 0 Å². The molecule has 0 unspecified atom stereocenters. The molecule has 0 spiro atoms. The highest BCUT2D eigenvalue weighted by molar-refractivity contribution is 7.16. The van der Waals surface area contributed by atoms with Crippen LogP contribution >= 0.6 is 11.3 Å². The van der Waals surface area contributed by atoms with Gasteiger partial charge in [0, 0.05) is 24.0 Å². The number of nitrogens with one attached hydrogen (secondary N) is 1. The summed E-state index contributed by atoms with van der Waals surface area (Å²) >= 11 is 1.44. The number of hydrogen-bond donors (Lipinski definition) is 1. The zero-order chi connectivity index (χ0) is 23.9. The Labute approximate surface area is 202 Å². The van der Waals surface area contributed by atoms with Crippen molar-refractivity contribution < 1.29 is 4.52 Å². The van der Waals surface area contributed by atoms with E-state index in [1.807, 2.05) is 38.1 Å². The third kappa shape index (κ3) is 3.62. The fraction of sp³-hybridized carbons (Fsp3) is 0.125. The number of pyridine rings is 1. The van der Waals surface area contributed by atoms with Crippen molar-refractivity contribution in [2.75, 3.05) is 5.32 Å². The van der Waals surface area contributed by atoms with Crippen molar-refractivity contribution in [1.29, 1.82) is 0 Å². The van der Waals surface area contributed by atoms with E-state index in [9.17, 15) is 4.79 Å². The van der Waals surface area contributed by atoms with Gasteiger partial charge < -0.3 is 9.84 Å². The van der Waals surface area contributed by atoms with Gasteiger partial charge in [0.05, 0.1) is 22.6 Å². The van der Waals surface area contributed by atoms with Crippen LogP contribution in [0.3, 0.4) is 0 Å². The second-order valence-corrected chi connectivity index (χ2v) is 8.78. The van der Waals surface area contributed by atoms with E-state index in [2.05, 4.69) is 35.4 Å². The summed E-state index contributed by atoms with van der Waals surface area (Å²) in [6.45, 7) is 3.78. The molecule has 0 saturated carbocycles. The molecule has 6 aromatic rings. The van der Waals surface area contributed by atoms with Crippen LogP contribution in [-0.2, 0) is 0 Å². The van der Waals surface area contributed by atoms with Crippen molar-refractivity contribution in [2.24, 2.45) is 0 Å². The average molecular weight is 483 g/mol. The Balaban J connectivity index is 1.55. The molecule has 1 aromatic carbocycles. The number of hydrogen-bond acceptors (Lipinski definition) is 10. The number of thiazole rings is 1. The predicted octanol–water partition coefficient (Wildman–Crippen LogP) is 4.32. The van der Waals surface area contributed by atoms with Gasteiger partial charge in [0.1, 0.15) is 28.8 Å². The number of aryl methyl sites for hydroxylation is 1. The number of nitrogens with zero attached hydrogens (tertiary/aromatic N) is 7. The molecule has 0 aliphatic heterocycles. The van der Waals surface area contributed by atoms with E-state index >= 15 is 0 Å². The monoisotopic (exact) mass is 482 g/mol. The standard InChI is InChI=1S/C24H18N8O2S/c1-13(30-22-21-23(28-11-27-22)35-12-29-21)18-8-15-4-3-5-17(16-9-25-14(2)26-10-16)20(15)24(33)32(18)19-6-7-34-31-19/h3-13H,1-2H3,(H,27,28,30)/t13-/m0/s1. The highest BCUT2D eigenvalue weighted by atomic mass is 32.1. The van der Waals surface area contributed by atoms with Crippen molar-refractivity contribution in [2.45, 2.75) is 19.9 Å². The topological polar surface area (TPSA) is 125 Å². The predicted molar refractivity (Wildman–Crippen MR) is 133 cm³/mol. The molecule has 0 aliphatic carbocycles. The zero-order valence-corrected chi connectivity index (χ0v) is 19.5. The summed E-state index contributed by atoms with van der Waals surface area (Å²) in [5, 5.41) is 8.78. The van der Waals surface area contributed by atoms with Gasteiger partial charge in [-0.1, -0.05) is 23.4 Å². The third-order valence-electron chi connectivity index (χ3n) is 5.75. The lowest BCUT2D eigenvalue weighted by Crippen LogP contribution is -2.26. The first-order valence-corrected chi connectivity index (χ1v) is 11.7. The maximum Gasteiger partial charge on any atom is 0.265 e. The van der Waals surface area contributed by atoms with Crippen LogP contribution < -0.4 is 10.9 Å². The molecule has 1 atom stereocenters. The van der Waals surface area contributed by atoms with Crippen LogP contribution in [0.5, 0.6) is 0 Å². The van der Waals surface area contributed by atoms with Crippen molar-refractivity contribution >= 4 is 38.3 Å². The largest absolute Gasteiger partial charge is 0.363 e. The Hall–Kier alpha value is -4.51. The van der Waals surface area contributed by atoms with Crippen molar-refractivity contribution in [3.8, 4) is 16.9 Å². The minimum absolute atomic E-state index is 0.224. The number of rotatable bonds is 5. The maximum atomic E-state index is 14.0. The molecule has 0 aliphatic rings. The molecule has 6 rings (SSSR count). The molecular formula is C24H18N8O2S. The first kappa shape index (κ1) is 21.1. The van der Waals surface area contributed by atoms with E-state index in [0.29, 0.717) is 34.1 Å². The number of benzene rings is 1. The molecule has 5 heterocycles. The summed E-state index contributed by atoms with van der Waals surface area (Å²) in [7, 11) is 0. The Morgan fingerprint density at radius 2 is 1.94 bits per heavy atom. The summed E-state index contributed by atoms with van der Waals surface area (Å²) in [6, 6.07) is 9.04. The summed E-state index contributed by atoms with van der Waals surface area (Å²) in [4.78, 5) is 36.4. The lowest BCUT2D eigenvalue weighted by molar-refractivity contribution is 0.415. The van der Waals surface area contributed by atoms with Crippen LogP contribution in [0.4, 0.5) is 5.82 Å². The van der Waals surface area contributed by atoms with Gasteiger partial charge in [-0.05, 0) is 30.9 Å². The Kier molecular flexibility index (Phi) is 5.03. The van der Waals surface area contributed by atoms with Crippen LogP contribution in [0.1, 0.15) is 24.5 Å². The summed E-state index contributed by atoms with van der Waals surface area (Å²) in [6.07, 6.45) is 6.39. The van der Waals surface area contributed by atoms with Crippen LogP contribution in [0.15, 0.2) is 70.1 Å². The molecule has 0 amide bonds. The maximum absolute atomic E-state index is 14.0. The van der Waals surface area contributed by atoms with Crippen LogP contribution in [0, 0.1) is 6.92 Å². The van der Waals surface area contributed by atoms with Crippen molar-refractivity contribution in [3.05, 3.63) is 82.7 Å². The first-order valence-electron chi connectivity index (χ1n) is 10.8. The second-order valence-electron chi connectivity index (χ2n) is 7.95. The van der Waals surface area contributed by atoms with E-state index in [-0.39, 0.29) is 11.6 Å². The van der Waals surface area contributed by atoms with Gasteiger partial charge in [0.2, 0.25) is 0 Å². The molecule has 172 valence electrons. The van der Waals surface area contributed by atoms with E-state index < -0.39 is 0 Å². The van der Waals surface area contributed by atoms with Crippen molar-refractivity contribution in [3.63, 3.8) is 0 Å². The first-order chi connectivity index (χ1) is 17.1. The minimum atomic E-state index is -0.324. The molecule has 5 aromatic heterocycles. The van der Waals surface area contributed by atoms with Gasteiger partial charge in [-0.3, -0.25) is 9.36 Å². The Bertz CT molecular complexity index is 1730. The molecule has 35 heavy (non-hydrogen) atoms. The minimum Gasteiger partial charge on any atom is -0.363 e. The van der Waals surface area contributed by atoms with Gasteiger partial charge in [-0.25, -0.2) is 24.9 Å². The van der Waals surface area contributed by atoms with E-state index in [1.165, 1.54) is 23.9 Å². The Morgan fingerprint density at radius 3 is 2.74 bits per heavy atom. The fourth-order valence-electron chi connectivity index (χ4n) is 4.11. The molecule has 0 saturated heterocycles. The number of aromatic nitrogens is 7. The zero-order valence-electron chi connectivity index (χ0n) is 18.7. The molecule has 10 nitrogen and oxygen atoms in total. The van der Waals surface area contributed by atoms with E-state index in [4.69, 9.17) is 4.52 Å². The van der Waals surface area contributed by atoms with Crippen LogP contribution in [-0.4, -0.2) is 34.6 Å². The second kappa shape index (κ2) is 8.37. The van der Waals surface area contributed by atoms with Crippen molar-refractivity contribution in [1.82, 2.24) is 34.6 Å². The van der Waals surface area contributed by atoms with Gasteiger partial charge >= 0.3 is 0 Å². The molecule has 11 heteroatoms. The molecule has 0 radical (unpaired) electrons. The van der Waals surface area contributed by atoms with Gasteiger partial charge in [0.15, 0.2) is 11.6 Å². The molecule has 0 fully saturated rings. The van der Waals surface area contributed by atoms with Gasteiger partial charge in [-0.15, -0.1) is 11.3 Å².